The molecular weight excluding hydrogens is 204 g/mol. The van der Waals surface area contributed by atoms with Crippen LogP contribution >= 0.6 is 11.9 Å². The molecule has 0 bridgehead atoms. The predicted molar refractivity (Wildman–Crippen MR) is 53.6 cm³/mol. The van der Waals surface area contributed by atoms with Gasteiger partial charge in [-0.3, -0.25) is 0 Å². The fourth-order valence-corrected chi connectivity index (χ4v) is 2.54. The topological polar surface area (TPSA) is 3.24 Å². The fraction of sp³-hybridized carbons (Fsp3) is 0.400. The Kier molecular flexibility index (Phi) is 2.49. The highest BCUT2D eigenvalue weighted by atomic mass is 32.2. The molecule has 1 aliphatic heterocycles. The maximum atomic E-state index is 12.5. The van der Waals surface area contributed by atoms with Crippen molar-refractivity contribution in [1.82, 2.24) is 4.31 Å². The lowest BCUT2D eigenvalue weighted by molar-refractivity contribution is -0.0905. The first-order valence-electron chi connectivity index (χ1n) is 4.43. The van der Waals surface area contributed by atoms with Crippen molar-refractivity contribution in [2.75, 3.05) is 13.1 Å². The molecular formula is C10H11F2NS. The van der Waals surface area contributed by atoms with E-state index in [2.05, 4.69) is 0 Å². The monoisotopic (exact) mass is 215 g/mol. The molecule has 0 saturated carbocycles. The van der Waals surface area contributed by atoms with Gasteiger partial charge >= 0.3 is 0 Å². The highest BCUT2D eigenvalue weighted by Gasteiger charge is 2.44. The van der Waals surface area contributed by atoms with Gasteiger partial charge in [0.25, 0.3) is 5.92 Å². The molecule has 1 saturated heterocycles. The largest absolute Gasteiger partial charge is 0.274 e. The van der Waals surface area contributed by atoms with Crippen molar-refractivity contribution in [3.05, 3.63) is 29.8 Å². The second kappa shape index (κ2) is 3.51. The Morgan fingerprint density at radius 2 is 2.07 bits per heavy atom. The minimum Gasteiger partial charge on any atom is -0.234 e. The maximum Gasteiger partial charge on any atom is 0.274 e. The second-order valence-electron chi connectivity index (χ2n) is 3.56. The summed E-state index contributed by atoms with van der Waals surface area (Å²) < 4.78 is 26.7. The third-order valence-electron chi connectivity index (χ3n) is 2.04. The van der Waals surface area contributed by atoms with Crippen LogP contribution in [0.3, 0.4) is 0 Å². The average Bonchev–Trinajstić information content (AvgIpc) is 2.00. The zero-order valence-electron chi connectivity index (χ0n) is 7.84. The van der Waals surface area contributed by atoms with E-state index >= 15 is 0 Å². The van der Waals surface area contributed by atoms with E-state index in [1.165, 1.54) is 11.9 Å². The molecule has 0 amide bonds. The van der Waals surface area contributed by atoms with Crippen LogP contribution in [-0.4, -0.2) is 23.3 Å². The van der Waals surface area contributed by atoms with Crippen molar-refractivity contribution in [3.63, 3.8) is 0 Å². The number of nitrogens with zero attached hydrogens (tertiary/aromatic N) is 1. The van der Waals surface area contributed by atoms with Gasteiger partial charge in [-0.25, -0.2) is 13.1 Å². The van der Waals surface area contributed by atoms with Crippen LogP contribution in [0.4, 0.5) is 8.78 Å². The molecule has 4 heteroatoms. The van der Waals surface area contributed by atoms with E-state index in [0.29, 0.717) is 0 Å². The van der Waals surface area contributed by atoms with Gasteiger partial charge in [-0.1, -0.05) is 12.1 Å². The molecule has 1 aliphatic rings. The van der Waals surface area contributed by atoms with E-state index in [4.69, 9.17) is 0 Å². The van der Waals surface area contributed by atoms with E-state index in [0.717, 1.165) is 10.5 Å². The van der Waals surface area contributed by atoms with Gasteiger partial charge in [-0.2, -0.15) is 0 Å². The smallest absolute Gasteiger partial charge is 0.234 e. The highest BCUT2D eigenvalue weighted by Crippen LogP contribution is 2.35. The summed E-state index contributed by atoms with van der Waals surface area (Å²) in [5.74, 6) is -2.48. The van der Waals surface area contributed by atoms with Crippen LogP contribution in [0, 0.1) is 6.92 Å². The van der Waals surface area contributed by atoms with Crippen molar-refractivity contribution in [2.45, 2.75) is 17.7 Å². The second-order valence-corrected chi connectivity index (χ2v) is 4.73. The van der Waals surface area contributed by atoms with Crippen molar-refractivity contribution in [1.29, 1.82) is 0 Å². The first kappa shape index (κ1) is 9.93. The maximum absolute atomic E-state index is 12.5. The number of halogens is 2. The Balaban J connectivity index is 1.93. The zero-order chi connectivity index (χ0) is 10.2. The van der Waals surface area contributed by atoms with Gasteiger partial charge in [-0.05, 0) is 36.6 Å². The third-order valence-corrected chi connectivity index (χ3v) is 3.02. The fourth-order valence-electron chi connectivity index (χ4n) is 1.36. The van der Waals surface area contributed by atoms with Gasteiger partial charge < -0.3 is 0 Å². The van der Waals surface area contributed by atoms with E-state index in [1.807, 2.05) is 31.2 Å². The zero-order valence-corrected chi connectivity index (χ0v) is 8.65. The summed E-state index contributed by atoms with van der Waals surface area (Å²) in [6, 6.07) is 7.87. The van der Waals surface area contributed by atoms with Crippen molar-refractivity contribution in [3.8, 4) is 0 Å². The molecule has 0 aliphatic carbocycles. The molecule has 1 aromatic carbocycles. The molecule has 0 spiro atoms. The number of aryl methyl sites for hydroxylation is 1. The molecule has 0 unspecified atom stereocenters. The van der Waals surface area contributed by atoms with Gasteiger partial charge in [-0.15, -0.1) is 0 Å². The minimum absolute atomic E-state index is 0.133. The summed E-state index contributed by atoms with van der Waals surface area (Å²) >= 11 is 1.40. The van der Waals surface area contributed by atoms with E-state index in [-0.39, 0.29) is 13.1 Å². The van der Waals surface area contributed by atoms with Crippen LogP contribution in [0.5, 0.6) is 0 Å². The van der Waals surface area contributed by atoms with Crippen LogP contribution < -0.4 is 0 Å². The Morgan fingerprint density at radius 3 is 2.64 bits per heavy atom. The van der Waals surface area contributed by atoms with Gasteiger partial charge in [0.2, 0.25) is 0 Å². The minimum atomic E-state index is -2.48. The quantitative estimate of drug-likeness (QED) is 0.698. The van der Waals surface area contributed by atoms with Crippen molar-refractivity contribution in [2.24, 2.45) is 0 Å². The first-order chi connectivity index (χ1) is 6.55. The Morgan fingerprint density at radius 1 is 1.36 bits per heavy atom. The summed E-state index contributed by atoms with van der Waals surface area (Å²) in [5.41, 5.74) is 1.15. The number of benzene rings is 1. The first-order valence-corrected chi connectivity index (χ1v) is 5.20. The summed E-state index contributed by atoms with van der Waals surface area (Å²) in [6.07, 6.45) is 0. The summed E-state index contributed by atoms with van der Waals surface area (Å²) in [4.78, 5) is 1.03. The van der Waals surface area contributed by atoms with Gasteiger partial charge in [0, 0.05) is 4.90 Å². The normalized spacial score (nSPS) is 20.5. The Bertz CT molecular complexity index is 333. The predicted octanol–water partition coefficient (Wildman–Crippen LogP) is 2.95. The molecule has 2 rings (SSSR count). The summed E-state index contributed by atoms with van der Waals surface area (Å²) in [5, 5.41) is 0. The molecule has 1 heterocycles. The molecule has 76 valence electrons. The molecule has 1 nitrogen and oxygen atoms in total. The number of alkyl halides is 2. The number of hydrogen-bond donors (Lipinski definition) is 0. The van der Waals surface area contributed by atoms with E-state index < -0.39 is 5.92 Å². The molecule has 0 N–H and O–H groups in total. The third kappa shape index (κ3) is 2.25. The van der Waals surface area contributed by atoms with Crippen LogP contribution in [0.25, 0.3) is 0 Å². The molecule has 1 fully saturated rings. The van der Waals surface area contributed by atoms with Crippen LogP contribution in [-0.2, 0) is 0 Å². The van der Waals surface area contributed by atoms with Crippen molar-refractivity contribution >= 4 is 11.9 Å². The molecule has 14 heavy (non-hydrogen) atoms. The summed E-state index contributed by atoms with van der Waals surface area (Å²) in [7, 11) is 0. The lowest BCUT2D eigenvalue weighted by atomic mass is 10.2. The average molecular weight is 215 g/mol. The number of rotatable bonds is 2. The van der Waals surface area contributed by atoms with Crippen molar-refractivity contribution < 1.29 is 8.78 Å². The van der Waals surface area contributed by atoms with E-state index in [9.17, 15) is 8.78 Å². The highest BCUT2D eigenvalue weighted by molar-refractivity contribution is 7.97. The molecule has 0 aromatic heterocycles. The summed E-state index contributed by atoms with van der Waals surface area (Å²) in [6.45, 7) is 1.73. The van der Waals surface area contributed by atoms with Gasteiger partial charge in [0.1, 0.15) is 0 Å². The van der Waals surface area contributed by atoms with Crippen LogP contribution in [0.2, 0.25) is 0 Å². The van der Waals surface area contributed by atoms with E-state index in [1.54, 1.807) is 4.31 Å². The molecule has 0 radical (unpaired) electrons. The van der Waals surface area contributed by atoms with Gasteiger partial charge in [0.15, 0.2) is 0 Å². The SMILES string of the molecule is Cc1cccc(SN2CC(F)(F)C2)c1. The Hall–Kier alpha value is -0.610. The Labute approximate surface area is 86.2 Å². The van der Waals surface area contributed by atoms with Gasteiger partial charge in [0.05, 0.1) is 13.1 Å². The van der Waals surface area contributed by atoms with Crippen LogP contribution in [0.1, 0.15) is 5.56 Å². The lowest BCUT2D eigenvalue weighted by Gasteiger charge is -2.37. The molecule has 1 aromatic rings. The standard InChI is InChI=1S/C10H11F2NS/c1-8-3-2-4-9(5-8)14-13-6-10(11,12)7-13/h2-5H,6-7H2,1H3. The lowest BCUT2D eigenvalue weighted by Crippen LogP contribution is -2.52. The number of hydrogen-bond acceptors (Lipinski definition) is 2. The molecule has 0 atom stereocenters. The van der Waals surface area contributed by atoms with Crippen LogP contribution in [0.15, 0.2) is 29.2 Å².